The van der Waals surface area contributed by atoms with Crippen LogP contribution in [0.1, 0.15) is 28.3 Å². The van der Waals surface area contributed by atoms with Crippen molar-refractivity contribution in [3.8, 4) is 5.75 Å². The first-order valence-corrected chi connectivity index (χ1v) is 6.75. The third kappa shape index (κ3) is 3.05. The van der Waals surface area contributed by atoms with Crippen molar-refractivity contribution in [1.29, 1.82) is 0 Å². The largest absolute Gasteiger partial charge is 0.494 e. The molecule has 21 heavy (non-hydrogen) atoms. The molecule has 112 valence electrons. The Morgan fingerprint density at radius 3 is 2.33 bits per heavy atom. The van der Waals surface area contributed by atoms with Gasteiger partial charge in [0.05, 0.1) is 13.2 Å². The molecule has 0 bridgehead atoms. The number of aryl methyl sites for hydroxylation is 2. The van der Waals surface area contributed by atoms with E-state index in [4.69, 9.17) is 4.74 Å². The molecule has 1 N–H and O–H groups in total. The number of benzene rings is 2. The molecular weight excluding hydrogens is 272 g/mol. The van der Waals surface area contributed by atoms with Crippen LogP contribution in [0.4, 0.5) is 8.78 Å². The van der Waals surface area contributed by atoms with Crippen LogP contribution in [0, 0.1) is 25.5 Å². The summed E-state index contributed by atoms with van der Waals surface area (Å²) >= 11 is 0. The standard InChI is InChI=1S/C17H19F2NO/c1-10-7-11(2)16(14(19)8-10)17(20-3)12-5-6-13(18)15(9-12)21-4/h5-9,17,20H,1-4H3. The molecule has 0 saturated carbocycles. The van der Waals surface area contributed by atoms with Crippen molar-refractivity contribution in [3.63, 3.8) is 0 Å². The Kier molecular flexibility index (Phi) is 4.58. The van der Waals surface area contributed by atoms with Crippen LogP contribution in [0.3, 0.4) is 0 Å². The van der Waals surface area contributed by atoms with E-state index in [2.05, 4.69) is 5.32 Å². The highest BCUT2D eigenvalue weighted by molar-refractivity contribution is 5.42. The molecule has 0 aliphatic rings. The summed E-state index contributed by atoms with van der Waals surface area (Å²) in [5, 5.41) is 3.09. The van der Waals surface area contributed by atoms with Gasteiger partial charge in [-0.1, -0.05) is 12.1 Å². The van der Waals surface area contributed by atoms with Crippen molar-refractivity contribution >= 4 is 0 Å². The van der Waals surface area contributed by atoms with E-state index in [-0.39, 0.29) is 17.6 Å². The van der Waals surface area contributed by atoms with Crippen LogP contribution >= 0.6 is 0 Å². The van der Waals surface area contributed by atoms with Gasteiger partial charge in [0.2, 0.25) is 0 Å². The van der Waals surface area contributed by atoms with Crippen LogP contribution < -0.4 is 10.1 Å². The Morgan fingerprint density at radius 2 is 1.76 bits per heavy atom. The Morgan fingerprint density at radius 1 is 1.05 bits per heavy atom. The fraction of sp³-hybridized carbons (Fsp3) is 0.294. The number of hydrogen-bond acceptors (Lipinski definition) is 2. The van der Waals surface area contributed by atoms with Crippen molar-refractivity contribution in [3.05, 3.63) is 64.2 Å². The Hall–Kier alpha value is -1.94. The number of methoxy groups -OCH3 is 1. The van der Waals surface area contributed by atoms with Crippen molar-refractivity contribution in [2.45, 2.75) is 19.9 Å². The molecule has 0 saturated heterocycles. The first kappa shape index (κ1) is 15.4. The van der Waals surface area contributed by atoms with Crippen molar-refractivity contribution in [2.75, 3.05) is 14.2 Å². The third-order valence-corrected chi connectivity index (χ3v) is 3.57. The lowest BCUT2D eigenvalue weighted by Gasteiger charge is -2.21. The summed E-state index contributed by atoms with van der Waals surface area (Å²) in [6.07, 6.45) is 0. The van der Waals surface area contributed by atoms with Gasteiger partial charge in [0.1, 0.15) is 5.82 Å². The van der Waals surface area contributed by atoms with Gasteiger partial charge >= 0.3 is 0 Å². The van der Waals surface area contributed by atoms with Crippen LogP contribution in [-0.4, -0.2) is 14.2 Å². The van der Waals surface area contributed by atoms with Gasteiger partial charge in [-0.05, 0) is 55.8 Å². The Balaban J connectivity index is 2.55. The maximum atomic E-state index is 14.4. The molecule has 2 nitrogen and oxygen atoms in total. The maximum absolute atomic E-state index is 14.4. The molecular formula is C17H19F2NO. The minimum atomic E-state index is -0.433. The van der Waals surface area contributed by atoms with Gasteiger partial charge < -0.3 is 10.1 Å². The highest BCUT2D eigenvalue weighted by Gasteiger charge is 2.20. The second-order valence-electron chi connectivity index (χ2n) is 5.09. The molecule has 0 heterocycles. The van der Waals surface area contributed by atoms with E-state index in [1.54, 1.807) is 19.2 Å². The smallest absolute Gasteiger partial charge is 0.165 e. The van der Waals surface area contributed by atoms with E-state index in [1.165, 1.54) is 19.2 Å². The van der Waals surface area contributed by atoms with Crippen molar-refractivity contribution < 1.29 is 13.5 Å². The van der Waals surface area contributed by atoms with Gasteiger partial charge in [-0.3, -0.25) is 0 Å². The molecule has 1 atom stereocenters. The SMILES string of the molecule is CNC(c1ccc(F)c(OC)c1)c1c(C)cc(C)cc1F. The molecule has 0 fully saturated rings. The number of ether oxygens (including phenoxy) is 1. The topological polar surface area (TPSA) is 21.3 Å². The lowest BCUT2D eigenvalue weighted by Crippen LogP contribution is -2.20. The molecule has 0 aliphatic carbocycles. The van der Waals surface area contributed by atoms with Gasteiger partial charge in [0.25, 0.3) is 0 Å². The lowest BCUT2D eigenvalue weighted by molar-refractivity contribution is 0.385. The molecule has 0 amide bonds. The average molecular weight is 291 g/mol. The quantitative estimate of drug-likeness (QED) is 0.922. The summed E-state index contributed by atoms with van der Waals surface area (Å²) < 4.78 is 32.9. The highest BCUT2D eigenvalue weighted by atomic mass is 19.1. The van der Waals surface area contributed by atoms with Gasteiger partial charge in [0.15, 0.2) is 11.6 Å². The van der Waals surface area contributed by atoms with Crippen LogP contribution in [0.25, 0.3) is 0 Å². The first-order chi connectivity index (χ1) is 9.97. The summed E-state index contributed by atoms with van der Waals surface area (Å²) in [5.41, 5.74) is 3.05. The van der Waals surface area contributed by atoms with Crippen molar-refractivity contribution in [2.24, 2.45) is 0 Å². The maximum Gasteiger partial charge on any atom is 0.165 e. The summed E-state index contributed by atoms with van der Waals surface area (Å²) in [6, 6.07) is 7.64. The van der Waals surface area contributed by atoms with E-state index >= 15 is 0 Å². The zero-order valence-corrected chi connectivity index (χ0v) is 12.6. The number of hydrogen-bond donors (Lipinski definition) is 1. The highest BCUT2D eigenvalue weighted by Crippen LogP contribution is 2.30. The second-order valence-corrected chi connectivity index (χ2v) is 5.09. The van der Waals surface area contributed by atoms with Gasteiger partial charge in [-0.2, -0.15) is 0 Å². The van der Waals surface area contributed by atoms with E-state index < -0.39 is 5.82 Å². The zero-order valence-electron chi connectivity index (χ0n) is 12.6. The first-order valence-electron chi connectivity index (χ1n) is 6.75. The number of rotatable bonds is 4. The van der Waals surface area contributed by atoms with E-state index in [0.29, 0.717) is 5.56 Å². The zero-order chi connectivity index (χ0) is 15.6. The van der Waals surface area contributed by atoms with Gasteiger partial charge in [0, 0.05) is 5.56 Å². The number of halogens is 2. The minimum absolute atomic E-state index is 0.151. The second kappa shape index (κ2) is 6.22. The van der Waals surface area contributed by atoms with Crippen LogP contribution in [0.15, 0.2) is 30.3 Å². The molecule has 0 aliphatic heterocycles. The Bertz CT molecular complexity index is 632. The fourth-order valence-corrected chi connectivity index (χ4v) is 2.63. The summed E-state index contributed by atoms with van der Waals surface area (Å²) in [4.78, 5) is 0. The van der Waals surface area contributed by atoms with Gasteiger partial charge in [-0.15, -0.1) is 0 Å². The molecule has 0 aromatic heterocycles. The lowest BCUT2D eigenvalue weighted by atomic mass is 9.93. The average Bonchev–Trinajstić information content (AvgIpc) is 2.43. The Labute approximate surface area is 123 Å². The number of nitrogens with one attached hydrogen (secondary N) is 1. The predicted octanol–water partition coefficient (Wildman–Crippen LogP) is 3.90. The van der Waals surface area contributed by atoms with E-state index in [1.807, 2.05) is 19.9 Å². The fourth-order valence-electron chi connectivity index (χ4n) is 2.63. The molecule has 1 unspecified atom stereocenters. The summed E-state index contributed by atoms with van der Waals surface area (Å²) in [5.74, 6) is -0.551. The minimum Gasteiger partial charge on any atom is -0.494 e. The molecule has 2 aromatic carbocycles. The predicted molar refractivity (Wildman–Crippen MR) is 79.7 cm³/mol. The van der Waals surface area contributed by atoms with E-state index in [9.17, 15) is 8.78 Å². The monoisotopic (exact) mass is 291 g/mol. The molecule has 4 heteroatoms. The summed E-state index contributed by atoms with van der Waals surface area (Å²) in [7, 11) is 3.16. The van der Waals surface area contributed by atoms with Crippen LogP contribution in [0.2, 0.25) is 0 Å². The molecule has 0 spiro atoms. The van der Waals surface area contributed by atoms with Crippen molar-refractivity contribution in [1.82, 2.24) is 5.32 Å². The third-order valence-electron chi connectivity index (χ3n) is 3.57. The normalized spacial score (nSPS) is 12.3. The molecule has 2 rings (SSSR count). The van der Waals surface area contributed by atoms with Gasteiger partial charge in [-0.25, -0.2) is 8.78 Å². The molecule has 0 radical (unpaired) electrons. The molecule has 2 aromatic rings. The van der Waals surface area contributed by atoms with Crippen LogP contribution in [0.5, 0.6) is 5.75 Å². The summed E-state index contributed by atoms with van der Waals surface area (Å²) in [6.45, 7) is 3.73. The van der Waals surface area contributed by atoms with Crippen LogP contribution in [-0.2, 0) is 0 Å². The van der Waals surface area contributed by atoms with E-state index in [0.717, 1.165) is 16.7 Å².